The second-order valence-electron chi connectivity index (χ2n) is 8.62. The van der Waals surface area contributed by atoms with Crippen LogP contribution < -0.4 is 14.4 Å². The SMILES string of the molecule is CC[C@@H](C(=O)NCc1cccc(CN2CCCC2)c1)N(c1cc([N+](=O)[O-])ccc1OC)S(C)(=O)=O. The van der Waals surface area contributed by atoms with Gasteiger partial charge in [0.05, 0.1) is 18.3 Å². The van der Waals surface area contributed by atoms with Crippen LogP contribution in [0.15, 0.2) is 42.5 Å². The first-order valence-corrected chi connectivity index (χ1v) is 13.4. The molecule has 10 nitrogen and oxygen atoms in total. The van der Waals surface area contributed by atoms with Crippen LogP contribution in [0.3, 0.4) is 0 Å². The maximum absolute atomic E-state index is 13.2. The summed E-state index contributed by atoms with van der Waals surface area (Å²) in [6, 6.07) is 10.5. The molecule has 3 rings (SSSR count). The van der Waals surface area contributed by atoms with Gasteiger partial charge in [-0.25, -0.2) is 8.42 Å². The molecule has 0 saturated carbocycles. The summed E-state index contributed by atoms with van der Waals surface area (Å²) in [4.78, 5) is 26.3. The summed E-state index contributed by atoms with van der Waals surface area (Å²) in [6.45, 7) is 4.94. The molecule has 1 aliphatic rings. The molecule has 0 radical (unpaired) electrons. The normalized spacial score (nSPS) is 14.9. The second-order valence-corrected chi connectivity index (χ2v) is 10.5. The zero-order valence-electron chi connectivity index (χ0n) is 20.3. The fourth-order valence-corrected chi connectivity index (χ4v) is 5.55. The Morgan fingerprint density at radius 3 is 2.49 bits per heavy atom. The number of rotatable bonds is 11. The number of hydrogen-bond acceptors (Lipinski definition) is 7. The topological polar surface area (TPSA) is 122 Å². The van der Waals surface area contributed by atoms with Gasteiger partial charge < -0.3 is 10.1 Å². The standard InChI is InChI=1S/C24H32N4O6S/c1-4-21(27(35(3,32)33)22-15-20(28(30)31)10-11-23(22)34-2)24(29)25-16-18-8-7-9-19(14-18)17-26-12-5-6-13-26/h7-11,14-15,21H,4-6,12-13,16-17H2,1-3H3,(H,25,29)/t21-/m0/s1. The number of likely N-dealkylation sites (tertiary alicyclic amines) is 1. The Labute approximate surface area is 206 Å². The summed E-state index contributed by atoms with van der Waals surface area (Å²) >= 11 is 0. The Morgan fingerprint density at radius 1 is 1.20 bits per heavy atom. The van der Waals surface area contributed by atoms with E-state index < -0.39 is 26.9 Å². The Kier molecular flexibility index (Phi) is 8.68. The lowest BCUT2D eigenvalue weighted by atomic mass is 10.1. The van der Waals surface area contributed by atoms with Gasteiger partial charge in [0, 0.05) is 25.2 Å². The summed E-state index contributed by atoms with van der Waals surface area (Å²) < 4.78 is 31.7. The van der Waals surface area contributed by atoms with E-state index in [1.807, 2.05) is 18.2 Å². The van der Waals surface area contributed by atoms with E-state index in [-0.39, 0.29) is 30.1 Å². The number of nitro benzene ring substituents is 1. The molecule has 1 aliphatic heterocycles. The lowest BCUT2D eigenvalue weighted by Gasteiger charge is -2.31. The van der Waals surface area contributed by atoms with Gasteiger partial charge in [0.25, 0.3) is 5.69 Å². The van der Waals surface area contributed by atoms with Crippen molar-refractivity contribution < 1.29 is 22.9 Å². The highest BCUT2D eigenvalue weighted by atomic mass is 32.2. The van der Waals surface area contributed by atoms with Crippen molar-refractivity contribution in [2.75, 3.05) is 30.8 Å². The number of hydrogen-bond donors (Lipinski definition) is 1. The van der Waals surface area contributed by atoms with Crippen molar-refractivity contribution in [3.05, 3.63) is 63.7 Å². The van der Waals surface area contributed by atoms with Gasteiger partial charge in [0.2, 0.25) is 15.9 Å². The Balaban J connectivity index is 1.82. The van der Waals surface area contributed by atoms with Crippen molar-refractivity contribution in [3.63, 3.8) is 0 Å². The van der Waals surface area contributed by atoms with Crippen LogP contribution in [0.5, 0.6) is 5.75 Å². The smallest absolute Gasteiger partial charge is 0.271 e. The van der Waals surface area contributed by atoms with E-state index in [9.17, 15) is 23.3 Å². The summed E-state index contributed by atoms with van der Waals surface area (Å²) in [5, 5.41) is 14.1. The van der Waals surface area contributed by atoms with E-state index in [1.165, 1.54) is 32.1 Å². The van der Waals surface area contributed by atoms with Crippen molar-refractivity contribution in [1.82, 2.24) is 10.2 Å². The number of nitrogens with one attached hydrogen (secondary N) is 1. The number of amides is 1. The molecule has 1 atom stereocenters. The molecule has 2 aromatic rings. The third kappa shape index (κ3) is 6.70. The van der Waals surface area contributed by atoms with Gasteiger partial charge in [0.15, 0.2) is 0 Å². The number of nitro groups is 1. The van der Waals surface area contributed by atoms with Crippen molar-refractivity contribution in [3.8, 4) is 5.75 Å². The molecular weight excluding hydrogens is 472 g/mol. The summed E-state index contributed by atoms with van der Waals surface area (Å²) in [6.07, 6.45) is 3.53. The van der Waals surface area contributed by atoms with E-state index >= 15 is 0 Å². The van der Waals surface area contributed by atoms with Crippen LogP contribution >= 0.6 is 0 Å². The molecule has 0 unspecified atom stereocenters. The number of non-ortho nitro benzene ring substituents is 1. The lowest BCUT2D eigenvalue weighted by molar-refractivity contribution is -0.384. The van der Waals surface area contributed by atoms with Gasteiger partial charge in [-0.15, -0.1) is 0 Å². The highest BCUT2D eigenvalue weighted by molar-refractivity contribution is 7.92. The number of carbonyl (C=O) groups is 1. The van der Waals surface area contributed by atoms with Gasteiger partial charge >= 0.3 is 0 Å². The van der Waals surface area contributed by atoms with E-state index in [2.05, 4.69) is 16.3 Å². The van der Waals surface area contributed by atoms with Gasteiger partial charge in [-0.2, -0.15) is 0 Å². The van der Waals surface area contributed by atoms with Crippen molar-refractivity contribution in [1.29, 1.82) is 0 Å². The minimum atomic E-state index is -3.99. The number of nitrogens with zero attached hydrogens (tertiary/aromatic N) is 3. The minimum absolute atomic E-state index is 0.0567. The van der Waals surface area contributed by atoms with Crippen LogP contribution in [0.1, 0.15) is 37.3 Å². The second kappa shape index (κ2) is 11.5. The average Bonchev–Trinajstić information content (AvgIpc) is 3.33. The molecule has 1 amide bonds. The minimum Gasteiger partial charge on any atom is -0.495 e. The number of ether oxygens (including phenoxy) is 1. The molecular formula is C24H32N4O6S. The largest absolute Gasteiger partial charge is 0.495 e. The fraction of sp³-hybridized carbons (Fsp3) is 0.458. The Hall–Kier alpha value is -3.18. The number of carbonyl (C=O) groups excluding carboxylic acids is 1. The van der Waals surface area contributed by atoms with Gasteiger partial charge in [-0.3, -0.25) is 24.1 Å². The molecule has 11 heteroatoms. The van der Waals surface area contributed by atoms with Crippen molar-refractivity contribution in [2.45, 2.75) is 45.3 Å². The van der Waals surface area contributed by atoms with Crippen LogP contribution in [0.2, 0.25) is 0 Å². The van der Waals surface area contributed by atoms with Gasteiger partial charge in [-0.05, 0) is 49.5 Å². The number of sulfonamides is 1. The predicted octanol–water partition coefficient (Wildman–Crippen LogP) is 3.06. The number of benzene rings is 2. The van der Waals surface area contributed by atoms with Gasteiger partial charge in [0.1, 0.15) is 17.5 Å². The molecule has 1 heterocycles. The number of methoxy groups -OCH3 is 1. The maximum Gasteiger partial charge on any atom is 0.271 e. The van der Waals surface area contributed by atoms with Crippen molar-refractivity contribution in [2.24, 2.45) is 0 Å². The molecule has 35 heavy (non-hydrogen) atoms. The van der Waals surface area contributed by atoms with Crippen LogP contribution in [0, 0.1) is 10.1 Å². The fourth-order valence-electron chi connectivity index (χ4n) is 4.34. The molecule has 0 aromatic heterocycles. The summed E-state index contributed by atoms with van der Waals surface area (Å²) in [5.74, 6) is -0.390. The van der Waals surface area contributed by atoms with E-state index in [0.29, 0.717) is 0 Å². The van der Waals surface area contributed by atoms with E-state index in [4.69, 9.17) is 4.74 Å². The Morgan fingerprint density at radius 2 is 1.89 bits per heavy atom. The highest BCUT2D eigenvalue weighted by Crippen LogP contribution is 2.35. The third-order valence-corrected chi connectivity index (χ3v) is 7.17. The zero-order chi connectivity index (χ0) is 25.6. The summed E-state index contributed by atoms with van der Waals surface area (Å²) in [7, 11) is -2.65. The van der Waals surface area contributed by atoms with E-state index in [0.717, 1.165) is 47.4 Å². The maximum atomic E-state index is 13.2. The lowest BCUT2D eigenvalue weighted by Crippen LogP contribution is -2.49. The van der Waals surface area contributed by atoms with Crippen LogP contribution in [0.4, 0.5) is 11.4 Å². The molecule has 190 valence electrons. The summed E-state index contributed by atoms with van der Waals surface area (Å²) in [5.41, 5.74) is 1.70. The molecule has 1 saturated heterocycles. The molecule has 1 N–H and O–H groups in total. The zero-order valence-corrected chi connectivity index (χ0v) is 21.1. The first-order valence-electron chi connectivity index (χ1n) is 11.5. The molecule has 0 bridgehead atoms. The highest BCUT2D eigenvalue weighted by Gasteiger charge is 2.34. The molecule has 1 fully saturated rings. The Bertz CT molecular complexity index is 1160. The van der Waals surface area contributed by atoms with Crippen LogP contribution in [0.25, 0.3) is 0 Å². The van der Waals surface area contributed by atoms with E-state index in [1.54, 1.807) is 6.92 Å². The average molecular weight is 505 g/mol. The predicted molar refractivity (Wildman–Crippen MR) is 134 cm³/mol. The molecule has 2 aromatic carbocycles. The monoisotopic (exact) mass is 504 g/mol. The third-order valence-electron chi connectivity index (χ3n) is 6.00. The quantitative estimate of drug-likeness (QED) is 0.369. The van der Waals surface area contributed by atoms with Crippen LogP contribution in [-0.2, 0) is 27.9 Å². The van der Waals surface area contributed by atoms with Crippen molar-refractivity contribution >= 4 is 27.3 Å². The first kappa shape index (κ1) is 26.4. The molecule has 0 spiro atoms. The number of anilines is 1. The van der Waals surface area contributed by atoms with Crippen LogP contribution in [-0.4, -0.2) is 56.6 Å². The van der Waals surface area contributed by atoms with Gasteiger partial charge in [-0.1, -0.05) is 31.2 Å². The molecule has 0 aliphatic carbocycles. The first-order chi connectivity index (χ1) is 16.6.